The van der Waals surface area contributed by atoms with Gasteiger partial charge in [-0.1, -0.05) is 23.7 Å². The minimum Gasteiger partial charge on any atom is -0.485 e. The van der Waals surface area contributed by atoms with Gasteiger partial charge in [0.25, 0.3) is 5.91 Å². The average Bonchev–Trinajstić information content (AvgIpc) is 3.12. The highest BCUT2D eigenvalue weighted by Gasteiger charge is 2.19. The van der Waals surface area contributed by atoms with Crippen molar-refractivity contribution in [2.75, 3.05) is 13.1 Å². The summed E-state index contributed by atoms with van der Waals surface area (Å²) in [6.45, 7) is 3.63. The van der Waals surface area contributed by atoms with Crippen molar-refractivity contribution in [1.82, 2.24) is 19.7 Å². The van der Waals surface area contributed by atoms with E-state index in [0.717, 1.165) is 42.6 Å². The lowest BCUT2D eigenvalue weighted by molar-refractivity contribution is 0.0724. The molecule has 1 fully saturated rings. The van der Waals surface area contributed by atoms with Gasteiger partial charge in [-0.25, -0.2) is 9.89 Å². The first-order valence-corrected chi connectivity index (χ1v) is 10.7. The van der Waals surface area contributed by atoms with Gasteiger partial charge in [0, 0.05) is 36.3 Å². The van der Waals surface area contributed by atoms with E-state index in [-0.39, 0.29) is 18.2 Å². The summed E-state index contributed by atoms with van der Waals surface area (Å²) in [4.78, 5) is 26.5. The summed E-state index contributed by atoms with van der Waals surface area (Å²) in [6.07, 6.45) is 3.27. The summed E-state index contributed by atoms with van der Waals surface area (Å²) in [5, 5.41) is 7.00. The van der Waals surface area contributed by atoms with Gasteiger partial charge in [-0.2, -0.15) is 5.10 Å². The van der Waals surface area contributed by atoms with Gasteiger partial charge in [-0.3, -0.25) is 9.36 Å². The number of ether oxygens (including phenoxy) is 1. The normalized spacial score (nSPS) is 14.0. The molecule has 0 radical (unpaired) electrons. The minimum atomic E-state index is -0.296. The molecule has 0 bridgehead atoms. The van der Waals surface area contributed by atoms with Crippen LogP contribution in [0.1, 0.15) is 41.0 Å². The molecule has 162 valence electrons. The molecule has 0 atom stereocenters. The molecule has 2 aromatic carbocycles. The molecule has 1 amide bonds. The number of nitrogens with zero attached hydrogens (tertiary/aromatic N) is 3. The van der Waals surface area contributed by atoms with Crippen LogP contribution in [0.2, 0.25) is 5.02 Å². The second-order valence-electron chi connectivity index (χ2n) is 7.82. The number of hydrogen-bond donors (Lipinski definition) is 1. The van der Waals surface area contributed by atoms with E-state index in [1.165, 1.54) is 11.0 Å². The number of H-pyrrole nitrogens is 1. The number of carbonyl (C=O) groups excluding carboxylic acids is 1. The molecule has 2 heterocycles. The highest BCUT2D eigenvalue weighted by Crippen LogP contribution is 2.35. The predicted molar refractivity (Wildman–Crippen MR) is 120 cm³/mol. The zero-order chi connectivity index (χ0) is 22.0. The number of amides is 1. The molecule has 1 aliphatic rings. The molecule has 0 spiro atoms. The lowest BCUT2D eigenvalue weighted by Gasteiger charge is -2.27. The molecule has 8 heteroatoms. The lowest BCUT2D eigenvalue weighted by atomic mass is 9.99. The molecule has 0 aliphatic carbocycles. The second-order valence-corrected chi connectivity index (χ2v) is 8.23. The summed E-state index contributed by atoms with van der Waals surface area (Å²) in [5.41, 5.74) is 2.85. The van der Waals surface area contributed by atoms with Crippen molar-refractivity contribution in [3.63, 3.8) is 0 Å². The van der Waals surface area contributed by atoms with Crippen LogP contribution < -0.4 is 10.4 Å². The fourth-order valence-corrected chi connectivity index (χ4v) is 3.91. The molecule has 1 aromatic heterocycles. The zero-order valence-electron chi connectivity index (χ0n) is 17.7. The van der Waals surface area contributed by atoms with Crippen LogP contribution >= 0.6 is 11.6 Å². The topological polar surface area (TPSA) is 80.2 Å². The third kappa shape index (κ3) is 4.51. The maximum Gasteiger partial charge on any atom is 0.343 e. The van der Waals surface area contributed by atoms with E-state index < -0.39 is 0 Å². The maximum atomic E-state index is 13.0. The Hall–Kier alpha value is -3.06. The van der Waals surface area contributed by atoms with Crippen LogP contribution in [0.5, 0.6) is 5.75 Å². The molecular formula is C23H25ClN4O3. The Morgan fingerprint density at radius 1 is 1.19 bits per heavy atom. The van der Waals surface area contributed by atoms with Gasteiger partial charge >= 0.3 is 5.69 Å². The second kappa shape index (κ2) is 8.98. The number of benzene rings is 2. The fourth-order valence-electron chi connectivity index (χ4n) is 3.75. The van der Waals surface area contributed by atoms with E-state index in [2.05, 4.69) is 10.2 Å². The monoisotopic (exact) mass is 440 g/mol. The van der Waals surface area contributed by atoms with Crippen molar-refractivity contribution in [2.45, 2.75) is 32.8 Å². The molecular weight excluding hydrogens is 416 g/mol. The van der Waals surface area contributed by atoms with Crippen molar-refractivity contribution < 1.29 is 9.53 Å². The van der Waals surface area contributed by atoms with E-state index in [0.29, 0.717) is 22.2 Å². The highest BCUT2D eigenvalue weighted by molar-refractivity contribution is 6.31. The molecule has 3 aromatic rings. The van der Waals surface area contributed by atoms with Gasteiger partial charge in [-0.05, 0) is 61.6 Å². The van der Waals surface area contributed by atoms with Crippen molar-refractivity contribution in [3.05, 3.63) is 68.9 Å². The summed E-state index contributed by atoms with van der Waals surface area (Å²) in [5.74, 6) is 1.14. The van der Waals surface area contributed by atoms with Crippen LogP contribution in [-0.4, -0.2) is 38.7 Å². The number of aromatic nitrogens is 3. The highest BCUT2D eigenvalue weighted by atomic mass is 35.5. The van der Waals surface area contributed by atoms with Crippen molar-refractivity contribution in [1.29, 1.82) is 0 Å². The molecule has 31 heavy (non-hydrogen) atoms. The van der Waals surface area contributed by atoms with Crippen LogP contribution in [0.3, 0.4) is 0 Å². The Balaban J connectivity index is 1.65. The van der Waals surface area contributed by atoms with Crippen LogP contribution in [0, 0.1) is 6.92 Å². The number of piperidine rings is 1. The number of aryl methyl sites for hydroxylation is 1. The Kier molecular flexibility index (Phi) is 6.13. The van der Waals surface area contributed by atoms with Crippen molar-refractivity contribution in [2.24, 2.45) is 7.05 Å². The SMILES string of the molecule is Cc1cc(OCc2n[nH]c(=O)n2C)c(-c2cccc(C(=O)N3CCCCC3)c2)cc1Cl. The number of aromatic amines is 1. The summed E-state index contributed by atoms with van der Waals surface area (Å²) >= 11 is 6.41. The van der Waals surface area contributed by atoms with Gasteiger partial charge in [0.15, 0.2) is 5.82 Å². The summed E-state index contributed by atoms with van der Waals surface area (Å²) < 4.78 is 7.43. The number of likely N-dealkylation sites (tertiary alicyclic amines) is 1. The van der Waals surface area contributed by atoms with Gasteiger partial charge in [0.2, 0.25) is 0 Å². The van der Waals surface area contributed by atoms with Crippen molar-refractivity contribution in [3.8, 4) is 16.9 Å². The van der Waals surface area contributed by atoms with Gasteiger partial charge in [-0.15, -0.1) is 0 Å². The predicted octanol–water partition coefficient (Wildman–Crippen LogP) is 3.94. The number of hydrogen-bond acceptors (Lipinski definition) is 4. The Labute approximate surface area is 185 Å². The van der Waals surface area contributed by atoms with E-state index in [1.54, 1.807) is 7.05 Å². The third-order valence-corrected chi connectivity index (χ3v) is 6.06. The quantitative estimate of drug-likeness (QED) is 0.651. The largest absolute Gasteiger partial charge is 0.485 e. The Bertz CT molecular complexity index is 1160. The van der Waals surface area contributed by atoms with Gasteiger partial charge in [0.1, 0.15) is 12.4 Å². The molecule has 7 nitrogen and oxygen atoms in total. The van der Waals surface area contributed by atoms with E-state index in [1.807, 2.05) is 48.2 Å². The Morgan fingerprint density at radius 2 is 1.97 bits per heavy atom. The Morgan fingerprint density at radius 3 is 2.68 bits per heavy atom. The average molecular weight is 441 g/mol. The number of rotatable bonds is 5. The number of halogens is 1. The van der Waals surface area contributed by atoms with Gasteiger partial charge < -0.3 is 9.64 Å². The number of carbonyl (C=O) groups is 1. The van der Waals surface area contributed by atoms with Gasteiger partial charge in [0.05, 0.1) is 0 Å². The molecule has 1 N–H and O–H groups in total. The first-order chi connectivity index (χ1) is 14.9. The van der Waals surface area contributed by atoms with Crippen LogP contribution in [0.4, 0.5) is 0 Å². The smallest absolute Gasteiger partial charge is 0.343 e. The van der Waals surface area contributed by atoms with Crippen LogP contribution in [0.25, 0.3) is 11.1 Å². The molecule has 1 aliphatic heterocycles. The fraction of sp³-hybridized carbons (Fsp3) is 0.348. The van der Waals surface area contributed by atoms with E-state index in [9.17, 15) is 9.59 Å². The zero-order valence-corrected chi connectivity index (χ0v) is 18.4. The molecule has 1 saturated heterocycles. The minimum absolute atomic E-state index is 0.0498. The first-order valence-electron chi connectivity index (χ1n) is 10.4. The van der Waals surface area contributed by atoms with Crippen LogP contribution in [0.15, 0.2) is 41.2 Å². The first kappa shape index (κ1) is 21.2. The molecule has 0 saturated carbocycles. The van der Waals surface area contributed by atoms with Crippen LogP contribution in [-0.2, 0) is 13.7 Å². The molecule has 0 unspecified atom stereocenters. The molecule has 4 rings (SSSR count). The lowest BCUT2D eigenvalue weighted by Crippen LogP contribution is -2.35. The standard InChI is InChI=1S/C23H25ClN4O3/c1-15-11-20(31-14-21-25-26-23(30)27(21)2)18(13-19(15)24)16-7-6-8-17(12-16)22(29)28-9-4-3-5-10-28/h6-8,11-13H,3-5,9-10,14H2,1-2H3,(H,26,30). The summed E-state index contributed by atoms with van der Waals surface area (Å²) in [7, 11) is 1.63. The van der Waals surface area contributed by atoms with Crippen molar-refractivity contribution >= 4 is 17.5 Å². The third-order valence-electron chi connectivity index (χ3n) is 5.65. The maximum absolute atomic E-state index is 13.0. The van der Waals surface area contributed by atoms with E-state index in [4.69, 9.17) is 16.3 Å². The number of nitrogens with one attached hydrogen (secondary N) is 1. The van der Waals surface area contributed by atoms with E-state index >= 15 is 0 Å². The summed E-state index contributed by atoms with van der Waals surface area (Å²) in [6, 6.07) is 11.2.